The Morgan fingerprint density at radius 2 is 1.90 bits per heavy atom. The molecule has 1 saturated heterocycles. The van der Waals surface area contributed by atoms with E-state index in [-0.39, 0.29) is 40.4 Å². The molecule has 21 heavy (non-hydrogen) atoms. The van der Waals surface area contributed by atoms with Crippen molar-refractivity contribution in [2.45, 2.75) is 24.8 Å². The average molecular weight is 339 g/mol. The van der Waals surface area contributed by atoms with Crippen molar-refractivity contribution < 1.29 is 22.4 Å². The Kier molecular flexibility index (Phi) is 5.43. The van der Waals surface area contributed by atoms with Gasteiger partial charge in [-0.3, -0.25) is 0 Å². The van der Waals surface area contributed by atoms with Gasteiger partial charge in [-0.1, -0.05) is 0 Å². The van der Waals surface area contributed by atoms with Crippen molar-refractivity contribution in [3.8, 4) is 0 Å². The van der Waals surface area contributed by atoms with Crippen LogP contribution in [0.3, 0.4) is 0 Å². The van der Waals surface area contributed by atoms with E-state index in [1.165, 1.54) is 25.4 Å². The Hall–Kier alpha value is -1.09. The van der Waals surface area contributed by atoms with Crippen molar-refractivity contribution in [2.75, 3.05) is 27.2 Å². The molecule has 1 fully saturated rings. The summed E-state index contributed by atoms with van der Waals surface area (Å²) < 4.78 is 36.6. The molecule has 0 bridgehead atoms. The molecule has 0 spiro atoms. The van der Waals surface area contributed by atoms with Crippen LogP contribution in [-0.4, -0.2) is 52.0 Å². The first-order valence-electron chi connectivity index (χ1n) is 6.17. The van der Waals surface area contributed by atoms with E-state index in [9.17, 15) is 13.2 Å². The molecule has 120 valence electrons. The van der Waals surface area contributed by atoms with Crippen LogP contribution in [0.4, 0.5) is 0 Å². The number of nitrogens with zero attached hydrogens (tertiary/aromatic N) is 1. The van der Waals surface area contributed by atoms with Gasteiger partial charge in [-0.05, 0) is 13.8 Å². The number of carbonyl (C=O) groups is 1. The Morgan fingerprint density at radius 1 is 1.33 bits per heavy atom. The molecule has 0 aliphatic carbocycles. The fraction of sp³-hybridized carbons (Fsp3) is 0.583. The molecule has 1 aromatic heterocycles. The van der Waals surface area contributed by atoms with Crippen molar-refractivity contribution in [3.63, 3.8) is 0 Å². The number of carbonyl (C=O) groups excluding carboxylic acids is 1. The second kappa shape index (κ2) is 6.35. The molecular formula is C12H19ClN2O5S. The van der Waals surface area contributed by atoms with Gasteiger partial charge in [0.25, 0.3) is 0 Å². The third kappa shape index (κ3) is 2.94. The molecule has 2 heterocycles. The van der Waals surface area contributed by atoms with Crippen LogP contribution in [0.2, 0.25) is 0 Å². The lowest BCUT2D eigenvalue weighted by molar-refractivity contribution is 0.0594. The van der Waals surface area contributed by atoms with Gasteiger partial charge in [0.1, 0.15) is 22.0 Å². The summed E-state index contributed by atoms with van der Waals surface area (Å²) in [4.78, 5) is 11.7. The minimum Gasteiger partial charge on any atom is -0.465 e. The SMILES string of the molecule is COC(=O)c1c(C)oc(C)c1S(=O)(=O)N(C)C1CNC1.Cl. The van der Waals surface area contributed by atoms with Crippen molar-refractivity contribution in [1.29, 1.82) is 0 Å². The van der Waals surface area contributed by atoms with E-state index in [0.29, 0.717) is 13.1 Å². The first-order chi connectivity index (χ1) is 9.30. The van der Waals surface area contributed by atoms with Crippen LogP contribution >= 0.6 is 12.4 Å². The second-order valence-corrected chi connectivity index (χ2v) is 6.68. The van der Waals surface area contributed by atoms with E-state index in [2.05, 4.69) is 10.1 Å². The molecule has 0 unspecified atom stereocenters. The number of furan rings is 1. The quantitative estimate of drug-likeness (QED) is 0.813. The van der Waals surface area contributed by atoms with E-state index in [1.54, 1.807) is 6.92 Å². The molecule has 1 aliphatic rings. The normalized spacial score (nSPS) is 15.5. The van der Waals surface area contributed by atoms with Gasteiger partial charge in [-0.25, -0.2) is 13.2 Å². The number of esters is 1. The highest BCUT2D eigenvalue weighted by Gasteiger charge is 2.38. The molecule has 0 amide bonds. The molecule has 2 rings (SSSR count). The minimum atomic E-state index is -3.80. The summed E-state index contributed by atoms with van der Waals surface area (Å²) in [5, 5.41) is 3.01. The van der Waals surface area contributed by atoms with Gasteiger partial charge in [-0.15, -0.1) is 12.4 Å². The van der Waals surface area contributed by atoms with Crippen molar-refractivity contribution in [3.05, 3.63) is 17.1 Å². The first-order valence-corrected chi connectivity index (χ1v) is 7.61. The molecular weight excluding hydrogens is 320 g/mol. The number of hydrogen-bond acceptors (Lipinski definition) is 6. The Labute approximate surface area is 130 Å². The predicted octanol–water partition coefficient (Wildman–Crippen LogP) is 0.697. The maximum Gasteiger partial charge on any atom is 0.342 e. The summed E-state index contributed by atoms with van der Waals surface area (Å²) in [7, 11) is -1.08. The zero-order valence-corrected chi connectivity index (χ0v) is 13.9. The first kappa shape index (κ1) is 18.0. The Bertz CT molecular complexity index is 636. The van der Waals surface area contributed by atoms with Crippen LogP contribution in [0.5, 0.6) is 0 Å². The number of rotatable bonds is 4. The van der Waals surface area contributed by atoms with Crippen LogP contribution in [0.25, 0.3) is 0 Å². The fourth-order valence-electron chi connectivity index (χ4n) is 2.18. The van der Waals surface area contributed by atoms with Gasteiger partial charge >= 0.3 is 5.97 Å². The number of halogens is 1. The maximum absolute atomic E-state index is 12.7. The van der Waals surface area contributed by atoms with Gasteiger partial charge in [0.15, 0.2) is 0 Å². The predicted molar refractivity (Wildman–Crippen MR) is 78.4 cm³/mol. The molecule has 7 nitrogen and oxygen atoms in total. The second-order valence-electron chi connectivity index (χ2n) is 4.74. The topological polar surface area (TPSA) is 88.8 Å². The van der Waals surface area contributed by atoms with E-state index >= 15 is 0 Å². The van der Waals surface area contributed by atoms with Crippen molar-refractivity contribution in [1.82, 2.24) is 9.62 Å². The molecule has 0 aromatic carbocycles. The van der Waals surface area contributed by atoms with E-state index < -0.39 is 16.0 Å². The lowest BCUT2D eigenvalue weighted by Gasteiger charge is -2.34. The van der Waals surface area contributed by atoms with E-state index in [0.717, 1.165) is 0 Å². The summed E-state index contributed by atoms with van der Waals surface area (Å²) in [6.07, 6.45) is 0. The van der Waals surface area contributed by atoms with Gasteiger partial charge in [0.05, 0.1) is 7.11 Å². The summed E-state index contributed by atoms with van der Waals surface area (Å²) in [5.41, 5.74) is -0.0240. The third-order valence-electron chi connectivity index (χ3n) is 3.51. The zero-order valence-electron chi connectivity index (χ0n) is 12.3. The molecule has 1 aliphatic heterocycles. The highest BCUT2D eigenvalue weighted by molar-refractivity contribution is 7.89. The number of methoxy groups -OCH3 is 1. The zero-order chi connectivity index (χ0) is 15.1. The van der Waals surface area contributed by atoms with Crippen LogP contribution in [0.15, 0.2) is 9.31 Å². The molecule has 0 saturated carbocycles. The largest absolute Gasteiger partial charge is 0.465 e. The summed E-state index contributed by atoms with van der Waals surface area (Å²) in [6.45, 7) is 4.26. The highest BCUT2D eigenvalue weighted by atomic mass is 35.5. The number of aryl methyl sites for hydroxylation is 2. The van der Waals surface area contributed by atoms with E-state index in [4.69, 9.17) is 4.42 Å². The molecule has 0 atom stereocenters. The van der Waals surface area contributed by atoms with Crippen LogP contribution in [-0.2, 0) is 14.8 Å². The molecule has 1 N–H and O–H groups in total. The third-order valence-corrected chi connectivity index (χ3v) is 5.57. The number of hydrogen-bond donors (Lipinski definition) is 1. The summed E-state index contributed by atoms with van der Waals surface area (Å²) >= 11 is 0. The summed E-state index contributed by atoms with van der Waals surface area (Å²) in [6, 6.07) is -0.111. The fourth-order valence-corrected chi connectivity index (χ4v) is 3.90. The number of likely N-dealkylation sites (N-methyl/N-ethyl adjacent to an activating group) is 1. The number of ether oxygens (including phenoxy) is 1. The minimum absolute atomic E-state index is 0. The molecule has 0 radical (unpaired) electrons. The van der Waals surface area contributed by atoms with Gasteiger partial charge in [0, 0.05) is 26.2 Å². The van der Waals surface area contributed by atoms with Gasteiger partial charge < -0.3 is 14.5 Å². The highest BCUT2D eigenvalue weighted by Crippen LogP contribution is 2.30. The standard InChI is InChI=1S/C12H18N2O5S.ClH/c1-7-10(12(15)18-4)11(8(2)19-7)20(16,17)14(3)9-5-13-6-9;/h9,13H,5-6H2,1-4H3;1H. The lowest BCUT2D eigenvalue weighted by Crippen LogP contribution is -2.57. The van der Waals surface area contributed by atoms with Crippen LogP contribution in [0.1, 0.15) is 21.9 Å². The Balaban J connectivity index is 0.00000220. The van der Waals surface area contributed by atoms with E-state index in [1.807, 2.05) is 0 Å². The molecule has 1 aromatic rings. The molecule has 9 heteroatoms. The van der Waals surface area contributed by atoms with Crippen molar-refractivity contribution in [2.24, 2.45) is 0 Å². The lowest BCUT2D eigenvalue weighted by atomic mass is 10.2. The maximum atomic E-state index is 12.7. The Morgan fingerprint density at radius 3 is 2.33 bits per heavy atom. The number of sulfonamides is 1. The number of nitrogens with one attached hydrogen (secondary N) is 1. The van der Waals surface area contributed by atoms with Crippen molar-refractivity contribution >= 4 is 28.4 Å². The average Bonchev–Trinajstić information content (AvgIpc) is 2.61. The smallest absolute Gasteiger partial charge is 0.342 e. The van der Waals surface area contributed by atoms with Gasteiger partial charge in [0.2, 0.25) is 10.0 Å². The monoisotopic (exact) mass is 338 g/mol. The summed E-state index contributed by atoms with van der Waals surface area (Å²) in [5.74, 6) is -0.270. The van der Waals surface area contributed by atoms with Gasteiger partial charge in [-0.2, -0.15) is 4.31 Å². The van der Waals surface area contributed by atoms with Crippen LogP contribution < -0.4 is 5.32 Å². The van der Waals surface area contributed by atoms with Crippen LogP contribution in [0, 0.1) is 13.8 Å².